The van der Waals surface area contributed by atoms with Crippen molar-refractivity contribution in [3.05, 3.63) is 118 Å². The van der Waals surface area contributed by atoms with E-state index in [0.717, 1.165) is 46.5 Å². The van der Waals surface area contributed by atoms with Crippen LogP contribution >= 0.6 is 11.3 Å². The summed E-state index contributed by atoms with van der Waals surface area (Å²) in [5.41, 5.74) is 4.22. The Morgan fingerprint density at radius 2 is 1.54 bits per heavy atom. The molecule has 0 saturated carbocycles. The van der Waals surface area contributed by atoms with E-state index in [2.05, 4.69) is 22.8 Å². The second-order valence-electron chi connectivity index (χ2n) is 12.4. The van der Waals surface area contributed by atoms with Crippen LogP contribution in [0.15, 0.2) is 102 Å². The predicted molar refractivity (Wildman–Crippen MR) is 192 cm³/mol. The number of carbonyl (C=O) groups excluding carboxylic acids is 3. The summed E-state index contributed by atoms with van der Waals surface area (Å²) >= 11 is 1.56. The maximum absolute atomic E-state index is 14.4. The smallest absolute Gasteiger partial charge is 0.249 e. The number of carbonyl (C=O) groups is 3. The number of hydrogen-bond donors (Lipinski definition) is 2. The lowest BCUT2D eigenvalue weighted by molar-refractivity contribution is -0.149. The van der Waals surface area contributed by atoms with Gasteiger partial charge in [0.25, 0.3) is 0 Å². The maximum Gasteiger partial charge on any atom is 0.249 e. The first-order valence-electron chi connectivity index (χ1n) is 16.7. The number of ether oxygens (including phenoxy) is 1. The molecule has 48 heavy (non-hydrogen) atoms. The summed E-state index contributed by atoms with van der Waals surface area (Å²) < 4.78 is 5.80. The monoisotopic (exact) mass is 666 g/mol. The van der Waals surface area contributed by atoms with Gasteiger partial charge in [-0.1, -0.05) is 91.0 Å². The van der Waals surface area contributed by atoms with Gasteiger partial charge in [-0.3, -0.25) is 14.4 Å². The molecule has 5 rings (SSSR count). The predicted octanol–water partition coefficient (Wildman–Crippen LogP) is 4.98. The van der Waals surface area contributed by atoms with Crippen LogP contribution < -0.4 is 10.6 Å². The van der Waals surface area contributed by atoms with Crippen molar-refractivity contribution in [2.24, 2.45) is 0 Å². The highest BCUT2D eigenvalue weighted by molar-refractivity contribution is 7.09. The molecule has 1 aliphatic rings. The molecule has 2 N–H and O–H groups in total. The third-order valence-corrected chi connectivity index (χ3v) is 9.89. The molecule has 1 fully saturated rings. The Labute approximate surface area is 288 Å². The van der Waals surface area contributed by atoms with Crippen LogP contribution in [0.25, 0.3) is 11.1 Å². The summed E-state index contributed by atoms with van der Waals surface area (Å²) in [5.74, 6) is -0.791. The minimum Gasteiger partial charge on any atom is -0.370 e. The van der Waals surface area contributed by atoms with Crippen molar-refractivity contribution >= 4 is 29.1 Å². The van der Waals surface area contributed by atoms with Crippen molar-refractivity contribution in [2.45, 2.75) is 50.2 Å². The highest BCUT2D eigenvalue weighted by atomic mass is 32.1. The third-order valence-electron chi connectivity index (χ3n) is 8.99. The molecule has 4 aromatic rings. The van der Waals surface area contributed by atoms with E-state index in [1.165, 1.54) is 9.80 Å². The van der Waals surface area contributed by atoms with Crippen LogP contribution in [-0.2, 0) is 38.4 Å². The molecule has 0 radical (unpaired) electrons. The van der Waals surface area contributed by atoms with Crippen LogP contribution in [0, 0.1) is 0 Å². The minimum atomic E-state index is -0.832. The highest BCUT2D eigenvalue weighted by Crippen LogP contribution is 2.22. The first kappa shape index (κ1) is 35.0. The fourth-order valence-corrected chi connectivity index (χ4v) is 6.79. The van der Waals surface area contributed by atoms with Crippen LogP contribution in [0.4, 0.5) is 0 Å². The van der Waals surface area contributed by atoms with Crippen molar-refractivity contribution in [2.75, 3.05) is 40.4 Å². The van der Waals surface area contributed by atoms with E-state index in [-0.39, 0.29) is 30.4 Å². The van der Waals surface area contributed by atoms with Gasteiger partial charge in [-0.25, -0.2) is 0 Å². The number of nitrogens with zero attached hydrogens (tertiary/aromatic N) is 2. The molecule has 1 aromatic heterocycles. The highest BCUT2D eigenvalue weighted by Gasteiger charge is 2.35. The molecular weight excluding hydrogens is 621 g/mol. The minimum absolute atomic E-state index is 0.117. The van der Waals surface area contributed by atoms with Crippen LogP contribution in [0.2, 0.25) is 0 Å². The van der Waals surface area contributed by atoms with Crippen molar-refractivity contribution < 1.29 is 19.1 Å². The van der Waals surface area contributed by atoms with Crippen molar-refractivity contribution in [1.82, 2.24) is 20.4 Å². The van der Waals surface area contributed by atoms with Crippen LogP contribution in [0.1, 0.15) is 28.8 Å². The lowest BCUT2D eigenvalue weighted by atomic mass is 9.98. The average Bonchev–Trinajstić information content (AvgIpc) is 3.85. The van der Waals surface area contributed by atoms with Gasteiger partial charge in [0.1, 0.15) is 18.7 Å². The van der Waals surface area contributed by atoms with Gasteiger partial charge in [0.05, 0.1) is 6.61 Å². The number of benzene rings is 3. The van der Waals surface area contributed by atoms with Gasteiger partial charge in [0.15, 0.2) is 0 Å². The molecule has 3 amide bonds. The molecule has 9 heteroatoms. The zero-order valence-corrected chi connectivity index (χ0v) is 28.7. The molecular formula is C39H46N4O4S. The SMILES string of the molecule is CN(C(=O)COC[C@H]1CCCN1)[C@H](Cc1ccc(-c2ccccc2)cc1)C(=O)N(C)[C@H](Cc1cccs1)C(=O)NCCc1ccccc1. The van der Waals surface area contributed by atoms with Crippen molar-refractivity contribution in [3.8, 4) is 11.1 Å². The van der Waals surface area contributed by atoms with Gasteiger partial charge in [-0.05, 0) is 59.5 Å². The quantitative estimate of drug-likeness (QED) is 0.176. The molecule has 0 unspecified atom stereocenters. The lowest BCUT2D eigenvalue weighted by Gasteiger charge is -2.34. The molecule has 252 valence electrons. The van der Waals surface area contributed by atoms with Gasteiger partial charge in [-0.2, -0.15) is 0 Å². The Hall–Kier alpha value is -4.31. The van der Waals surface area contributed by atoms with E-state index in [0.29, 0.717) is 32.4 Å². The number of thiophene rings is 1. The summed E-state index contributed by atoms with van der Waals surface area (Å²) in [6, 6.07) is 30.8. The topological polar surface area (TPSA) is 91.0 Å². The fourth-order valence-electron chi connectivity index (χ4n) is 6.05. The first-order chi connectivity index (χ1) is 23.4. The summed E-state index contributed by atoms with van der Waals surface area (Å²) in [6.07, 6.45) is 3.48. The van der Waals surface area contributed by atoms with Crippen LogP contribution in [0.3, 0.4) is 0 Å². The Bertz CT molecular complexity index is 1580. The molecule has 8 nitrogen and oxygen atoms in total. The second kappa shape index (κ2) is 17.7. The second-order valence-corrected chi connectivity index (χ2v) is 13.4. The molecule has 2 heterocycles. The largest absolute Gasteiger partial charge is 0.370 e. The molecule has 0 spiro atoms. The molecule has 1 aliphatic heterocycles. The maximum atomic E-state index is 14.4. The molecule has 0 bridgehead atoms. The Kier molecular flexibility index (Phi) is 12.9. The van der Waals surface area contributed by atoms with Gasteiger partial charge >= 0.3 is 0 Å². The normalized spacial score (nSPS) is 15.4. The van der Waals surface area contributed by atoms with Crippen LogP contribution in [0.5, 0.6) is 0 Å². The molecule has 1 saturated heterocycles. The molecule has 3 atom stereocenters. The zero-order chi connectivity index (χ0) is 33.7. The van der Waals surface area contributed by atoms with Gasteiger partial charge in [-0.15, -0.1) is 11.3 Å². The number of amides is 3. The van der Waals surface area contributed by atoms with E-state index < -0.39 is 12.1 Å². The van der Waals surface area contributed by atoms with E-state index in [4.69, 9.17) is 4.74 Å². The lowest BCUT2D eigenvalue weighted by Crippen LogP contribution is -2.56. The van der Waals surface area contributed by atoms with Gasteiger partial charge in [0, 0.05) is 44.4 Å². The van der Waals surface area contributed by atoms with Crippen LogP contribution in [-0.4, -0.2) is 86.0 Å². The van der Waals surface area contributed by atoms with E-state index in [9.17, 15) is 14.4 Å². The zero-order valence-electron chi connectivity index (χ0n) is 27.8. The number of nitrogens with one attached hydrogen (secondary N) is 2. The Morgan fingerprint density at radius 1 is 0.833 bits per heavy atom. The summed E-state index contributed by atoms with van der Waals surface area (Å²) in [5, 5.41) is 8.41. The summed E-state index contributed by atoms with van der Waals surface area (Å²) in [7, 11) is 3.33. The Balaban J connectivity index is 1.33. The molecule has 0 aliphatic carbocycles. The molecule has 3 aromatic carbocycles. The van der Waals surface area contributed by atoms with Crippen molar-refractivity contribution in [3.63, 3.8) is 0 Å². The van der Waals surface area contributed by atoms with E-state index in [1.54, 1.807) is 25.4 Å². The summed E-state index contributed by atoms with van der Waals surface area (Å²) in [6.45, 7) is 1.74. The van der Waals surface area contributed by atoms with Crippen molar-refractivity contribution in [1.29, 1.82) is 0 Å². The first-order valence-corrected chi connectivity index (χ1v) is 17.6. The summed E-state index contributed by atoms with van der Waals surface area (Å²) in [4.78, 5) is 45.7. The third kappa shape index (κ3) is 9.86. The van der Waals surface area contributed by atoms with E-state index in [1.807, 2.05) is 90.3 Å². The van der Waals surface area contributed by atoms with Gasteiger partial charge < -0.3 is 25.2 Å². The number of likely N-dealkylation sites (N-methyl/N-ethyl adjacent to an activating group) is 2. The Morgan fingerprint density at radius 3 is 2.21 bits per heavy atom. The number of rotatable bonds is 16. The van der Waals surface area contributed by atoms with Gasteiger partial charge in [0.2, 0.25) is 17.7 Å². The number of hydrogen-bond acceptors (Lipinski definition) is 6. The average molecular weight is 667 g/mol. The van der Waals surface area contributed by atoms with E-state index >= 15 is 0 Å². The fraction of sp³-hybridized carbons (Fsp3) is 0.359. The standard InChI is InChI=1S/C39H46N4O4S/c1-42(37(44)28-47-27-33-15-9-22-40-33)36(25-30-17-19-32(20-18-30)31-13-7-4-8-14-31)39(46)43(2)35(26-34-16-10-24-48-34)38(45)41-23-21-29-11-5-3-6-12-29/h3-8,10-14,16-20,24,33,35-36,40H,9,15,21-23,25-28H2,1-2H3,(H,41,45)/t33-,35-,36-/m1/s1.